The molecule has 3 aromatic rings. The van der Waals surface area contributed by atoms with Crippen molar-refractivity contribution >= 4 is 17.1 Å². The normalized spacial score (nSPS) is 27.6. The van der Waals surface area contributed by atoms with Gasteiger partial charge in [0.05, 0.1) is 18.9 Å². The van der Waals surface area contributed by atoms with Crippen molar-refractivity contribution in [2.75, 3.05) is 26.2 Å². The first-order valence-electron chi connectivity index (χ1n) is 11.9. The molecule has 3 saturated heterocycles. The van der Waals surface area contributed by atoms with Gasteiger partial charge in [0, 0.05) is 28.5 Å². The first kappa shape index (κ1) is 20.6. The number of ether oxygens (including phenoxy) is 2. The molecule has 1 unspecified atom stereocenters. The van der Waals surface area contributed by atoms with Gasteiger partial charge in [-0.05, 0) is 49.5 Å². The zero-order chi connectivity index (χ0) is 22.6. The summed E-state index contributed by atoms with van der Waals surface area (Å²) in [5.74, 6) is 1.29. The van der Waals surface area contributed by atoms with Gasteiger partial charge in [-0.25, -0.2) is 4.79 Å². The number of furan rings is 1. The molecule has 0 saturated carbocycles. The molecule has 2 aromatic carbocycles. The van der Waals surface area contributed by atoms with Gasteiger partial charge >= 0.3 is 6.09 Å². The van der Waals surface area contributed by atoms with Crippen molar-refractivity contribution in [3.05, 3.63) is 54.3 Å². The van der Waals surface area contributed by atoms with E-state index in [9.17, 15) is 4.79 Å². The molecule has 3 fully saturated rings. The van der Waals surface area contributed by atoms with Gasteiger partial charge in [-0.1, -0.05) is 44.2 Å². The summed E-state index contributed by atoms with van der Waals surface area (Å²) in [6.07, 6.45) is 3.70. The molecular formula is C27H30N2O4. The number of hydrogen-bond donors (Lipinski definition) is 1. The Morgan fingerprint density at radius 2 is 1.97 bits per heavy atom. The van der Waals surface area contributed by atoms with Crippen LogP contribution in [0.2, 0.25) is 0 Å². The second-order valence-electron chi connectivity index (χ2n) is 10.3. The molecule has 0 radical (unpaired) electrons. The highest BCUT2D eigenvalue weighted by atomic mass is 16.6. The molecule has 7 rings (SSSR count). The molecule has 2 atom stereocenters. The molecule has 6 nitrogen and oxygen atoms in total. The Hall–Kier alpha value is -2.99. The van der Waals surface area contributed by atoms with E-state index in [0.29, 0.717) is 12.5 Å². The summed E-state index contributed by atoms with van der Waals surface area (Å²) >= 11 is 0. The summed E-state index contributed by atoms with van der Waals surface area (Å²) in [5.41, 5.74) is 3.65. The van der Waals surface area contributed by atoms with Crippen molar-refractivity contribution < 1.29 is 18.7 Å². The second kappa shape index (κ2) is 7.80. The van der Waals surface area contributed by atoms with Gasteiger partial charge in [0.15, 0.2) is 0 Å². The van der Waals surface area contributed by atoms with E-state index in [1.807, 2.05) is 18.2 Å². The maximum Gasteiger partial charge on any atom is 0.407 e. The van der Waals surface area contributed by atoms with E-state index >= 15 is 0 Å². The average molecular weight is 447 g/mol. The zero-order valence-corrected chi connectivity index (χ0v) is 19.2. The summed E-state index contributed by atoms with van der Waals surface area (Å²) in [7, 11) is 0. The predicted molar refractivity (Wildman–Crippen MR) is 126 cm³/mol. The molecule has 0 spiro atoms. The van der Waals surface area contributed by atoms with Crippen LogP contribution in [0.1, 0.15) is 38.3 Å². The van der Waals surface area contributed by atoms with E-state index in [-0.39, 0.29) is 23.7 Å². The van der Waals surface area contributed by atoms with Crippen LogP contribution in [0.4, 0.5) is 4.79 Å². The highest BCUT2D eigenvalue weighted by Gasteiger charge is 2.41. The molecule has 172 valence electrons. The topological polar surface area (TPSA) is 63.9 Å². The summed E-state index contributed by atoms with van der Waals surface area (Å²) in [4.78, 5) is 15.3. The van der Waals surface area contributed by atoms with E-state index in [1.165, 1.54) is 0 Å². The van der Waals surface area contributed by atoms with E-state index < -0.39 is 0 Å². The SMILES string of the molecule is CC1(C)COc2cc(-c3coc4ccccc34)ccc2C1NC(=O)O[C@@H]1CN2CCC1CC2. The van der Waals surface area contributed by atoms with Gasteiger partial charge < -0.3 is 19.2 Å². The van der Waals surface area contributed by atoms with Gasteiger partial charge in [-0.3, -0.25) is 4.90 Å². The van der Waals surface area contributed by atoms with Crippen molar-refractivity contribution in [3.8, 4) is 16.9 Å². The Bertz CT molecular complexity index is 1190. The molecule has 1 amide bonds. The first-order chi connectivity index (χ1) is 16.0. The largest absolute Gasteiger partial charge is 0.493 e. The number of carbonyl (C=O) groups is 1. The molecular weight excluding hydrogens is 416 g/mol. The lowest BCUT2D eigenvalue weighted by Crippen LogP contribution is -2.53. The molecule has 5 heterocycles. The Morgan fingerprint density at radius 1 is 1.15 bits per heavy atom. The van der Waals surface area contributed by atoms with Crippen LogP contribution in [0.3, 0.4) is 0 Å². The number of carbonyl (C=O) groups excluding carboxylic acids is 1. The fourth-order valence-corrected chi connectivity index (χ4v) is 5.64. The number of amides is 1. The van der Waals surface area contributed by atoms with Crippen LogP contribution >= 0.6 is 0 Å². The molecule has 1 aromatic heterocycles. The van der Waals surface area contributed by atoms with Crippen LogP contribution in [0.25, 0.3) is 22.1 Å². The number of rotatable bonds is 3. The van der Waals surface area contributed by atoms with Crippen LogP contribution in [-0.2, 0) is 4.74 Å². The number of nitrogens with one attached hydrogen (secondary N) is 1. The first-order valence-corrected chi connectivity index (χ1v) is 11.9. The molecule has 33 heavy (non-hydrogen) atoms. The van der Waals surface area contributed by atoms with E-state index in [4.69, 9.17) is 13.9 Å². The Morgan fingerprint density at radius 3 is 2.76 bits per heavy atom. The lowest BCUT2D eigenvalue weighted by Gasteiger charge is -2.44. The third-order valence-corrected chi connectivity index (χ3v) is 7.61. The predicted octanol–water partition coefficient (Wildman–Crippen LogP) is 5.38. The standard InChI is InChI=1S/C27H30N2O4/c1-27(2)16-32-23-13-18(21-15-31-22-6-4-3-5-19(21)22)7-8-20(23)25(27)28-26(30)33-24-14-29-11-9-17(24)10-12-29/h3-8,13,15,17,24-25H,9-12,14,16H2,1-2H3,(H,28,30)/t24-,25?/m1/s1. The van der Waals surface area contributed by atoms with Gasteiger partial charge in [-0.2, -0.15) is 0 Å². The minimum absolute atomic E-state index is 0.00771. The monoisotopic (exact) mass is 446 g/mol. The third kappa shape index (κ3) is 3.66. The summed E-state index contributed by atoms with van der Waals surface area (Å²) in [5, 5.41) is 4.25. The minimum Gasteiger partial charge on any atom is -0.493 e. The summed E-state index contributed by atoms with van der Waals surface area (Å²) in [6, 6.07) is 14.0. The lowest BCUT2D eigenvalue weighted by molar-refractivity contribution is -0.0361. The Balaban J connectivity index is 1.25. The van der Waals surface area contributed by atoms with Gasteiger partial charge in [-0.15, -0.1) is 0 Å². The quantitative estimate of drug-likeness (QED) is 0.585. The van der Waals surface area contributed by atoms with E-state index in [1.54, 1.807) is 6.26 Å². The van der Waals surface area contributed by atoms with Crippen molar-refractivity contribution in [3.63, 3.8) is 0 Å². The van der Waals surface area contributed by atoms with Crippen LogP contribution in [0, 0.1) is 11.3 Å². The van der Waals surface area contributed by atoms with Crippen molar-refractivity contribution in [2.45, 2.75) is 38.8 Å². The molecule has 4 aliphatic heterocycles. The van der Waals surface area contributed by atoms with Gasteiger partial charge in [0.25, 0.3) is 0 Å². The summed E-state index contributed by atoms with van der Waals surface area (Å²) in [6.45, 7) is 7.86. The fraction of sp³-hybridized carbons (Fsp3) is 0.444. The van der Waals surface area contributed by atoms with Crippen molar-refractivity contribution in [2.24, 2.45) is 11.3 Å². The van der Waals surface area contributed by atoms with Gasteiger partial charge in [0.2, 0.25) is 0 Å². The van der Waals surface area contributed by atoms with Crippen LogP contribution in [-0.4, -0.2) is 43.3 Å². The Kier molecular flexibility index (Phi) is 4.87. The average Bonchev–Trinajstić information content (AvgIpc) is 3.26. The fourth-order valence-electron chi connectivity index (χ4n) is 5.64. The second-order valence-corrected chi connectivity index (χ2v) is 10.3. The molecule has 6 heteroatoms. The van der Waals surface area contributed by atoms with Crippen LogP contribution in [0.5, 0.6) is 5.75 Å². The van der Waals surface area contributed by atoms with Crippen molar-refractivity contribution in [1.82, 2.24) is 10.2 Å². The number of para-hydroxylation sites is 1. The number of hydrogen-bond acceptors (Lipinski definition) is 5. The molecule has 1 N–H and O–H groups in total. The molecule has 2 bridgehead atoms. The van der Waals surface area contributed by atoms with Crippen LogP contribution < -0.4 is 10.1 Å². The number of piperidine rings is 3. The minimum atomic E-state index is -0.329. The zero-order valence-electron chi connectivity index (χ0n) is 19.2. The highest BCUT2D eigenvalue weighted by molar-refractivity contribution is 5.94. The maximum absolute atomic E-state index is 12.9. The number of nitrogens with zero attached hydrogens (tertiary/aromatic N) is 1. The van der Waals surface area contributed by atoms with E-state index in [2.05, 4.69) is 48.3 Å². The molecule has 4 aliphatic rings. The van der Waals surface area contributed by atoms with Crippen LogP contribution in [0.15, 0.2) is 53.1 Å². The lowest BCUT2D eigenvalue weighted by atomic mass is 9.78. The number of benzene rings is 2. The number of fused-ring (bicyclic) bond motifs is 5. The number of alkyl carbamates (subject to hydrolysis) is 1. The van der Waals surface area contributed by atoms with E-state index in [0.717, 1.165) is 65.9 Å². The van der Waals surface area contributed by atoms with Gasteiger partial charge in [0.1, 0.15) is 17.4 Å². The maximum atomic E-state index is 12.9. The Labute approximate surface area is 193 Å². The molecule has 0 aliphatic carbocycles. The highest BCUT2D eigenvalue weighted by Crippen LogP contribution is 2.45. The van der Waals surface area contributed by atoms with Crippen molar-refractivity contribution in [1.29, 1.82) is 0 Å². The summed E-state index contributed by atoms with van der Waals surface area (Å²) < 4.78 is 17.8. The third-order valence-electron chi connectivity index (χ3n) is 7.61. The smallest absolute Gasteiger partial charge is 0.407 e.